The number of benzene rings is 2. The van der Waals surface area contributed by atoms with Crippen LogP contribution in [-0.4, -0.2) is 23.1 Å². The van der Waals surface area contributed by atoms with Gasteiger partial charge in [0.2, 0.25) is 0 Å². The third-order valence-electron chi connectivity index (χ3n) is 5.97. The van der Waals surface area contributed by atoms with Crippen LogP contribution in [0.25, 0.3) is 17.0 Å². The van der Waals surface area contributed by atoms with Gasteiger partial charge < -0.3 is 19.0 Å². The zero-order valence-corrected chi connectivity index (χ0v) is 20.7. The van der Waals surface area contributed by atoms with Gasteiger partial charge in [-0.1, -0.05) is 12.1 Å². The monoisotopic (exact) mass is 510 g/mol. The summed E-state index contributed by atoms with van der Waals surface area (Å²) in [6.07, 6.45) is -4.53. The van der Waals surface area contributed by atoms with Crippen LogP contribution in [0.5, 0.6) is 0 Å². The lowest BCUT2D eigenvalue weighted by Gasteiger charge is -2.16. The van der Waals surface area contributed by atoms with E-state index in [2.05, 4.69) is 5.32 Å². The summed E-state index contributed by atoms with van der Waals surface area (Å²) in [5.74, 6) is 0.00274. The molecule has 0 spiro atoms. The first-order chi connectivity index (χ1) is 17.5. The zero-order chi connectivity index (χ0) is 26.9. The number of furan rings is 1. The van der Waals surface area contributed by atoms with Crippen LogP contribution in [-0.2, 0) is 10.9 Å². The minimum Gasteiger partial charge on any atom is -0.462 e. The Hall–Kier alpha value is -4.27. The number of esters is 1. The molecule has 1 amide bonds. The Bertz CT molecular complexity index is 1460. The summed E-state index contributed by atoms with van der Waals surface area (Å²) in [6, 6.07) is 15.2. The number of halogens is 3. The Morgan fingerprint density at radius 2 is 1.65 bits per heavy atom. The number of carbonyl (C=O) groups excluding carboxylic acids is 2. The molecular weight excluding hydrogens is 485 g/mol. The lowest BCUT2D eigenvalue weighted by Crippen LogP contribution is -2.14. The van der Waals surface area contributed by atoms with Crippen LogP contribution in [0.1, 0.15) is 50.4 Å². The second-order valence-corrected chi connectivity index (χ2v) is 8.47. The summed E-state index contributed by atoms with van der Waals surface area (Å²) in [4.78, 5) is 25.1. The number of nitrogens with zero attached hydrogens (tertiary/aromatic N) is 1. The highest BCUT2D eigenvalue weighted by Gasteiger charge is 2.34. The molecule has 0 saturated heterocycles. The number of aromatic nitrogens is 1. The van der Waals surface area contributed by atoms with Gasteiger partial charge in [-0.15, -0.1) is 0 Å². The SMILES string of the molecule is CCOC(=O)c1cc(-c2ccc(NC(=O)c3cc(C)n(-c4ccccc4C(F)(F)F)c3C)cc2)oc1C. The van der Waals surface area contributed by atoms with E-state index < -0.39 is 23.6 Å². The Labute approximate surface area is 211 Å². The second kappa shape index (κ2) is 10.0. The molecular formula is C28H25F3N2O4. The molecule has 4 aromatic rings. The van der Waals surface area contributed by atoms with Gasteiger partial charge >= 0.3 is 12.1 Å². The molecule has 0 fully saturated rings. The van der Waals surface area contributed by atoms with Gasteiger partial charge in [-0.05, 0) is 76.2 Å². The number of nitrogens with one attached hydrogen (secondary N) is 1. The summed E-state index contributed by atoms with van der Waals surface area (Å²) in [5.41, 5.74) is 1.86. The first-order valence-electron chi connectivity index (χ1n) is 11.6. The molecule has 0 bridgehead atoms. The fraction of sp³-hybridized carbons (Fsp3) is 0.214. The van der Waals surface area contributed by atoms with E-state index in [-0.39, 0.29) is 17.9 Å². The van der Waals surface area contributed by atoms with Gasteiger partial charge in [0, 0.05) is 22.6 Å². The van der Waals surface area contributed by atoms with Gasteiger partial charge in [0.1, 0.15) is 17.1 Å². The number of ether oxygens (including phenoxy) is 1. The average molecular weight is 511 g/mol. The van der Waals surface area contributed by atoms with Crippen molar-refractivity contribution in [1.82, 2.24) is 4.57 Å². The van der Waals surface area contributed by atoms with E-state index in [0.717, 1.165) is 6.07 Å². The summed E-state index contributed by atoms with van der Waals surface area (Å²) in [6.45, 7) is 6.92. The maximum atomic E-state index is 13.6. The van der Waals surface area contributed by atoms with Crippen molar-refractivity contribution in [2.75, 3.05) is 11.9 Å². The van der Waals surface area contributed by atoms with E-state index in [1.807, 2.05) is 0 Å². The number of anilines is 1. The Morgan fingerprint density at radius 3 is 2.30 bits per heavy atom. The van der Waals surface area contributed by atoms with Gasteiger partial charge in [-0.3, -0.25) is 4.79 Å². The van der Waals surface area contributed by atoms with Crippen molar-refractivity contribution < 1.29 is 31.9 Å². The van der Waals surface area contributed by atoms with Gasteiger partial charge in [0.25, 0.3) is 5.91 Å². The van der Waals surface area contributed by atoms with Crippen molar-refractivity contribution in [3.8, 4) is 17.0 Å². The largest absolute Gasteiger partial charge is 0.462 e. The fourth-order valence-corrected chi connectivity index (χ4v) is 4.22. The number of alkyl halides is 3. The molecule has 0 atom stereocenters. The molecule has 0 aliphatic rings. The van der Waals surface area contributed by atoms with Crippen molar-refractivity contribution in [2.45, 2.75) is 33.9 Å². The molecule has 2 aromatic carbocycles. The Balaban J connectivity index is 1.56. The lowest BCUT2D eigenvalue weighted by molar-refractivity contribution is -0.137. The quantitative estimate of drug-likeness (QED) is 0.281. The van der Waals surface area contributed by atoms with Crippen molar-refractivity contribution in [3.63, 3.8) is 0 Å². The molecule has 0 unspecified atom stereocenters. The fourth-order valence-electron chi connectivity index (χ4n) is 4.22. The van der Waals surface area contributed by atoms with E-state index in [0.29, 0.717) is 39.7 Å². The topological polar surface area (TPSA) is 73.5 Å². The second-order valence-electron chi connectivity index (χ2n) is 8.47. The van der Waals surface area contributed by atoms with Crippen molar-refractivity contribution in [1.29, 1.82) is 0 Å². The molecule has 0 saturated carbocycles. The number of aryl methyl sites for hydroxylation is 2. The van der Waals surface area contributed by atoms with Crippen molar-refractivity contribution >= 4 is 17.6 Å². The summed E-state index contributed by atoms with van der Waals surface area (Å²) >= 11 is 0. The molecule has 0 radical (unpaired) electrons. The minimum absolute atomic E-state index is 0.0377. The van der Waals surface area contributed by atoms with Crippen LogP contribution in [0.2, 0.25) is 0 Å². The average Bonchev–Trinajstić information content (AvgIpc) is 3.38. The normalized spacial score (nSPS) is 11.4. The van der Waals surface area contributed by atoms with Crippen molar-refractivity contribution in [2.24, 2.45) is 0 Å². The van der Waals surface area contributed by atoms with Gasteiger partial charge in [-0.2, -0.15) is 13.2 Å². The van der Waals surface area contributed by atoms with Crippen LogP contribution in [0.4, 0.5) is 18.9 Å². The van der Waals surface area contributed by atoms with Crippen molar-refractivity contribution in [3.05, 3.63) is 94.5 Å². The highest BCUT2D eigenvalue weighted by Crippen LogP contribution is 2.35. The highest BCUT2D eigenvalue weighted by molar-refractivity contribution is 6.05. The van der Waals surface area contributed by atoms with Crippen LogP contribution in [0, 0.1) is 20.8 Å². The van der Waals surface area contributed by atoms with Crippen LogP contribution in [0.15, 0.2) is 65.1 Å². The molecule has 37 heavy (non-hydrogen) atoms. The first-order valence-corrected chi connectivity index (χ1v) is 11.6. The van der Waals surface area contributed by atoms with E-state index >= 15 is 0 Å². The van der Waals surface area contributed by atoms with Gasteiger partial charge in [0.15, 0.2) is 0 Å². The summed E-state index contributed by atoms with van der Waals surface area (Å²) in [5, 5.41) is 2.79. The van der Waals surface area contributed by atoms with Crippen LogP contribution >= 0.6 is 0 Å². The molecule has 4 rings (SSSR count). The molecule has 0 aliphatic carbocycles. The number of rotatable bonds is 6. The molecule has 0 aliphatic heterocycles. The predicted molar refractivity (Wildman–Crippen MR) is 133 cm³/mol. The molecule has 2 heterocycles. The van der Waals surface area contributed by atoms with E-state index in [4.69, 9.17) is 9.15 Å². The number of carbonyl (C=O) groups is 2. The third-order valence-corrected chi connectivity index (χ3v) is 5.97. The standard InChI is InChI=1S/C28H25F3N2O4/c1-5-36-27(35)22-15-25(37-18(22)4)19-10-12-20(13-11-19)32-26(34)21-14-16(2)33(17(21)3)24-9-7-6-8-23(24)28(29,30)31/h6-15H,5H2,1-4H3,(H,32,34). The smallest absolute Gasteiger partial charge is 0.418 e. The van der Waals surface area contributed by atoms with E-state index in [1.54, 1.807) is 64.1 Å². The molecule has 1 N–H and O–H groups in total. The summed E-state index contributed by atoms with van der Waals surface area (Å²) in [7, 11) is 0. The minimum atomic E-state index is -4.53. The molecule has 192 valence electrons. The number of hydrogen-bond donors (Lipinski definition) is 1. The number of para-hydroxylation sites is 1. The highest BCUT2D eigenvalue weighted by atomic mass is 19.4. The number of hydrogen-bond acceptors (Lipinski definition) is 4. The lowest BCUT2D eigenvalue weighted by atomic mass is 10.1. The molecule has 2 aromatic heterocycles. The summed E-state index contributed by atoms with van der Waals surface area (Å²) < 4.78 is 52.9. The van der Waals surface area contributed by atoms with Crippen LogP contribution in [0.3, 0.4) is 0 Å². The maximum Gasteiger partial charge on any atom is 0.418 e. The Morgan fingerprint density at radius 1 is 0.973 bits per heavy atom. The van der Waals surface area contributed by atoms with E-state index in [9.17, 15) is 22.8 Å². The van der Waals surface area contributed by atoms with E-state index in [1.165, 1.54) is 22.8 Å². The Kier molecular flexibility index (Phi) is 6.98. The number of amides is 1. The van der Waals surface area contributed by atoms with Crippen LogP contribution < -0.4 is 5.32 Å². The molecule has 6 nitrogen and oxygen atoms in total. The van der Waals surface area contributed by atoms with Gasteiger partial charge in [-0.25, -0.2) is 4.79 Å². The van der Waals surface area contributed by atoms with Gasteiger partial charge in [0.05, 0.1) is 23.4 Å². The maximum absolute atomic E-state index is 13.6. The molecule has 9 heteroatoms. The predicted octanol–water partition coefficient (Wildman–Crippen LogP) is 7.11. The zero-order valence-electron chi connectivity index (χ0n) is 20.7. The first kappa shape index (κ1) is 25.8. The third kappa shape index (κ3) is 5.16.